The van der Waals surface area contributed by atoms with Crippen LogP contribution < -0.4 is 0 Å². The van der Waals surface area contributed by atoms with Gasteiger partial charge in [0.1, 0.15) is 5.82 Å². The van der Waals surface area contributed by atoms with Crippen LogP contribution in [0.4, 0.5) is 4.39 Å². The predicted molar refractivity (Wildman–Crippen MR) is 62.5 cm³/mol. The molecule has 0 unspecified atom stereocenters. The number of methoxy groups -OCH3 is 1. The summed E-state index contributed by atoms with van der Waals surface area (Å²) in [5.74, 6) is -0.445. The molecule has 4 heteroatoms. The number of hydrogen-bond donors (Lipinski definition) is 0. The van der Waals surface area contributed by atoms with Crippen molar-refractivity contribution in [3.63, 3.8) is 0 Å². The zero-order valence-electron chi connectivity index (χ0n) is 10.1. The molecule has 1 amide bonds. The highest BCUT2D eigenvalue weighted by molar-refractivity contribution is 5.95. The first-order chi connectivity index (χ1) is 8.13. The van der Waals surface area contributed by atoms with Crippen molar-refractivity contribution in [2.24, 2.45) is 0 Å². The van der Waals surface area contributed by atoms with E-state index in [1.807, 2.05) is 0 Å². The number of halogens is 1. The summed E-state index contributed by atoms with van der Waals surface area (Å²) in [6, 6.07) is 4.61. The van der Waals surface area contributed by atoms with Gasteiger partial charge in [0, 0.05) is 25.8 Å². The van der Waals surface area contributed by atoms with Crippen molar-refractivity contribution in [3.8, 4) is 0 Å². The lowest BCUT2D eigenvalue weighted by atomic mass is 10.1. The molecule has 1 fully saturated rings. The van der Waals surface area contributed by atoms with E-state index in [4.69, 9.17) is 4.74 Å². The van der Waals surface area contributed by atoms with Crippen LogP contribution in [0.2, 0.25) is 0 Å². The molecule has 1 aliphatic heterocycles. The molecule has 1 heterocycles. The summed E-state index contributed by atoms with van der Waals surface area (Å²) in [6.07, 6.45) is 0.948. The van der Waals surface area contributed by atoms with E-state index in [-0.39, 0.29) is 17.8 Å². The van der Waals surface area contributed by atoms with E-state index >= 15 is 0 Å². The van der Waals surface area contributed by atoms with Crippen molar-refractivity contribution < 1.29 is 13.9 Å². The first-order valence-electron chi connectivity index (χ1n) is 5.70. The maximum Gasteiger partial charge on any atom is 0.254 e. The Hall–Kier alpha value is -1.42. The van der Waals surface area contributed by atoms with Crippen LogP contribution in [0.5, 0.6) is 0 Å². The van der Waals surface area contributed by atoms with Crippen molar-refractivity contribution >= 4 is 5.91 Å². The molecule has 1 aromatic rings. The summed E-state index contributed by atoms with van der Waals surface area (Å²) >= 11 is 0. The fourth-order valence-electron chi connectivity index (χ4n) is 2.11. The molecular formula is C13H16FNO2. The second-order valence-corrected chi connectivity index (χ2v) is 4.31. The van der Waals surface area contributed by atoms with Crippen LogP contribution in [0.15, 0.2) is 18.2 Å². The normalized spacial score (nSPS) is 19.7. The lowest BCUT2D eigenvalue weighted by Gasteiger charge is -2.17. The van der Waals surface area contributed by atoms with Gasteiger partial charge in [-0.25, -0.2) is 4.39 Å². The molecule has 0 aliphatic carbocycles. The maximum absolute atomic E-state index is 13.4. The van der Waals surface area contributed by atoms with Crippen molar-refractivity contribution in [1.29, 1.82) is 0 Å². The van der Waals surface area contributed by atoms with E-state index in [9.17, 15) is 9.18 Å². The molecule has 0 saturated carbocycles. The van der Waals surface area contributed by atoms with Crippen molar-refractivity contribution in [2.75, 3.05) is 20.2 Å². The summed E-state index contributed by atoms with van der Waals surface area (Å²) in [5, 5.41) is 0. The molecule has 0 spiro atoms. The quantitative estimate of drug-likeness (QED) is 0.787. The van der Waals surface area contributed by atoms with Crippen LogP contribution in [-0.2, 0) is 4.74 Å². The van der Waals surface area contributed by atoms with E-state index < -0.39 is 0 Å². The number of carbonyl (C=O) groups is 1. The third kappa shape index (κ3) is 2.31. The first kappa shape index (κ1) is 12.0. The van der Waals surface area contributed by atoms with Gasteiger partial charge in [0.15, 0.2) is 0 Å². The number of carbonyl (C=O) groups excluding carboxylic acids is 1. The van der Waals surface area contributed by atoms with Gasteiger partial charge in [0.05, 0.1) is 6.10 Å². The minimum Gasteiger partial charge on any atom is -0.380 e. The number of hydrogen-bond acceptors (Lipinski definition) is 2. The average Bonchev–Trinajstić information content (AvgIpc) is 2.80. The van der Waals surface area contributed by atoms with Crippen LogP contribution in [-0.4, -0.2) is 37.1 Å². The molecule has 1 aliphatic rings. The van der Waals surface area contributed by atoms with Gasteiger partial charge in [-0.05, 0) is 31.0 Å². The van der Waals surface area contributed by atoms with Gasteiger partial charge in [-0.1, -0.05) is 6.07 Å². The van der Waals surface area contributed by atoms with Gasteiger partial charge in [0.2, 0.25) is 0 Å². The molecule has 3 nitrogen and oxygen atoms in total. The van der Waals surface area contributed by atoms with Crippen LogP contribution in [0.3, 0.4) is 0 Å². The number of nitrogens with zero attached hydrogens (tertiary/aromatic N) is 1. The van der Waals surface area contributed by atoms with Crippen LogP contribution >= 0.6 is 0 Å². The SMILES string of the molecule is CO[C@@H]1CCN(C(=O)c2cccc(F)c2C)C1. The lowest BCUT2D eigenvalue weighted by molar-refractivity contribution is 0.0723. The highest BCUT2D eigenvalue weighted by Gasteiger charge is 2.27. The monoisotopic (exact) mass is 237 g/mol. The van der Waals surface area contributed by atoms with Crippen LogP contribution in [0, 0.1) is 12.7 Å². The lowest BCUT2D eigenvalue weighted by Crippen LogP contribution is -2.30. The largest absolute Gasteiger partial charge is 0.380 e. The molecular weight excluding hydrogens is 221 g/mol. The Morgan fingerprint density at radius 2 is 2.29 bits per heavy atom. The second kappa shape index (κ2) is 4.84. The van der Waals surface area contributed by atoms with Gasteiger partial charge < -0.3 is 9.64 Å². The molecule has 0 N–H and O–H groups in total. The second-order valence-electron chi connectivity index (χ2n) is 4.31. The third-order valence-corrected chi connectivity index (χ3v) is 3.26. The van der Waals surface area contributed by atoms with Gasteiger partial charge in [-0.15, -0.1) is 0 Å². The van der Waals surface area contributed by atoms with E-state index in [0.717, 1.165) is 6.42 Å². The topological polar surface area (TPSA) is 29.5 Å². The zero-order valence-corrected chi connectivity index (χ0v) is 10.1. The van der Waals surface area contributed by atoms with Gasteiger partial charge in [0.25, 0.3) is 5.91 Å². The molecule has 1 saturated heterocycles. The summed E-state index contributed by atoms with van der Waals surface area (Å²) in [7, 11) is 1.64. The average molecular weight is 237 g/mol. The number of ether oxygens (including phenoxy) is 1. The predicted octanol–water partition coefficient (Wildman–Crippen LogP) is 2.00. The van der Waals surface area contributed by atoms with Crippen molar-refractivity contribution in [2.45, 2.75) is 19.4 Å². The number of rotatable bonds is 2. The summed E-state index contributed by atoms with van der Waals surface area (Å²) in [6.45, 7) is 2.89. The summed E-state index contributed by atoms with van der Waals surface area (Å²) in [5.41, 5.74) is 0.861. The Morgan fingerprint density at radius 1 is 1.53 bits per heavy atom. The fourth-order valence-corrected chi connectivity index (χ4v) is 2.11. The molecule has 92 valence electrons. The Kier molecular flexibility index (Phi) is 3.43. The van der Waals surface area contributed by atoms with Crippen LogP contribution in [0.1, 0.15) is 22.3 Å². The third-order valence-electron chi connectivity index (χ3n) is 3.26. The Balaban J connectivity index is 2.18. The van der Waals surface area contributed by atoms with Crippen molar-refractivity contribution in [3.05, 3.63) is 35.1 Å². The highest BCUT2D eigenvalue weighted by atomic mass is 19.1. The van der Waals surface area contributed by atoms with Crippen LogP contribution in [0.25, 0.3) is 0 Å². The Labute approximate surface area is 100 Å². The standard InChI is InChI=1S/C13H16FNO2/c1-9-11(4-3-5-12(9)14)13(16)15-7-6-10(8-15)17-2/h3-5,10H,6-8H2,1-2H3/t10-/m1/s1. The smallest absolute Gasteiger partial charge is 0.254 e. The zero-order chi connectivity index (χ0) is 12.4. The minimum absolute atomic E-state index is 0.104. The summed E-state index contributed by atoms with van der Waals surface area (Å²) < 4.78 is 18.6. The number of likely N-dealkylation sites (tertiary alicyclic amines) is 1. The van der Waals surface area contributed by atoms with E-state index in [2.05, 4.69) is 0 Å². The Morgan fingerprint density at radius 3 is 2.94 bits per heavy atom. The molecule has 0 aromatic heterocycles. The highest BCUT2D eigenvalue weighted by Crippen LogP contribution is 2.19. The minimum atomic E-state index is -0.335. The van der Waals surface area contributed by atoms with E-state index in [0.29, 0.717) is 24.2 Å². The van der Waals surface area contributed by atoms with Gasteiger partial charge in [-0.2, -0.15) is 0 Å². The van der Waals surface area contributed by atoms with Crippen molar-refractivity contribution in [1.82, 2.24) is 4.90 Å². The molecule has 1 atom stereocenters. The number of benzene rings is 1. The molecule has 0 bridgehead atoms. The molecule has 0 radical (unpaired) electrons. The number of amides is 1. The van der Waals surface area contributed by atoms with E-state index in [1.165, 1.54) is 6.07 Å². The fraction of sp³-hybridized carbons (Fsp3) is 0.462. The first-order valence-corrected chi connectivity index (χ1v) is 5.70. The molecule has 17 heavy (non-hydrogen) atoms. The molecule has 1 aromatic carbocycles. The Bertz CT molecular complexity index is 433. The van der Waals surface area contributed by atoms with Gasteiger partial charge >= 0.3 is 0 Å². The molecule has 2 rings (SSSR count). The summed E-state index contributed by atoms with van der Waals surface area (Å²) in [4.78, 5) is 13.9. The van der Waals surface area contributed by atoms with Gasteiger partial charge in [-0.3, -0.25) is 4.79 Å². The van der Waals surface area contributed by atoms with E-state index in [1.54, 1.807) is 31.1 Å². The maximum atomic E-state index is 13.4.